The highest BCUT2D eigenvalue weighted by Crippen LogP contribution is 2.45. The molecule has 1 N–H and O–H groups in total. The molecular formula is C20H19NO8. The zero-order valence-electron chi connectivity index (χ0n) is 16.1. The van der Waals surface area contributed by atoms with Crippen LogP contribution in [0.15, 0.2) is 33.5 Å². The number of amides is 2. The summed E-state index contributed by atoms with van der Waals surface area (Å²) in [4.78, 5) is 37.5. The van der Waals surface area contributed by atoms with Crippen molar-refractivity contribution < 1.29 is 33.3 Å². The Hall–Kier alpha value is -3.75. The lowest BCUT2D eigenvalue weighted by molar-refractivity contribution is -0.139. The molecule has 2 aromatic rings. The van der Waals surface area contributed by atoms with Crippen LogP contribution in [0.4, 0.5) is 0 Å². The van der Waals surface area contributed by atoms with E-state index >= 15 is 0 Å². The maximum Gasteiger partial charge on any atom is 0.347 e. The van der Waals surface area contributed by atoms with E-state index in [9.17, 15) is 19.5 Å². The van der Waals surface area contributed by atoms with Crippen molar-refractivity contribution in [3.8, 4) is 23.0 Å². The topological polar surface area (TPSA) is 116 Å². The van der Waals surface area contributed by atoms with Gasteiger partial charge in [-0.25, -0.2) is 4.79 Å². The second-order valence-electron chi connectivity index (χ2n) is 6.03. The van der Waals surface area contributed by atoms with E-state index in [1.165, 1.54) is 33.5 Å². The summed E-state index contributed by atoms with van der Waals surface area (Å²) in [5, 5.41) is 10.8. The smallest absolute Gasteiger partial charge is 0.347 e. The van der Waals surface area contributed by atoms with Gasteiger partial charge in [-0.2, -0.15) is 0 Å². The van der Waals surface area contributed by atoms with E-state index in [0.717, 1.165) is 17.1 Å². The summed E-state index contributed by atoms with van der Waals surface area (Å²) in [5.41, 5.74) is -1.18. The predicted octanol–water partition coefficient (Wildman–Crippen LogP) is 1.85. The molecule has 0 atom stereocenters. The summed E-state index contributed by atoms with van der Waals surface area (Å²) in [6.07, 6.45) is 5.68. The van der Waals surface area contributed by atoms with Crippen LogP contribution in [-0.2, 0) is 9.59 Å². The van der Waals surface area contributed by atoms with Crippen molar-refractivity contribution in [2.24, 2.45) is 0 Å². The molecule has 1 aliphatic rings. The first kappa shape index (κ1) is 20.0. The number of carbonyl (C=O) groups is 2. The molecule has 1 aromatic carbocycles. The highest BCUT2D eigenvalue weighted by atomic mass is 16.5. The van der Waals surface area contributed by atoms with Crippen molar-refractivity contribution in [2.45, 2.75) is 6.42 Å². The third kappa shape index (κ3) is 3.54. The van der Waals surface area contributed by atoms with Crippen LogP contribution in [0.3, 0.4) is 0 Å². The second-order valence-corrected chi connectivity index (χ2v) is 6.03. The number of hydrogen-bond acceptors (Lipinski definition) is 8. The lowest BCUT2D eigenvalue weighted by atomic mass is 10.1. The maximum absolute atomic E-state index is 12.4. The summed E-state index contributed by atoms with van der Waals surface area (Å²) < 4.78 is 21.0. The number of aromatic hydroxyl groups is 1. The first-order chi connectivity index (χ1) is 13.9. The fourth-order valence-electron chi connectivity index (χ4n) is 2.99. The van der Waals surface area contributed by atoms with Crippen LogP contribution in [0.25, 0.3) is 17.0 Å². The van der Waals surface area contributed by atoms with E-state index in [1.807, 2.05) is 0 Å². The van der Waals surface area contributed by atoms with E-state index in [-0.39, 0.29) is 40.3 Å². The Morgan fingerprint density at radius 1 is 1.17 bits per heavy atom. The molecule has 1 aromatic heterocycles. The van der Waals surface area contributed by atoms with Gasteiger partial charge in [0.1, 0.15) is 11.3 Å². The van der Waals surface area contributed by atoms with Crippen LogP contribution in [-0.4, -0.2) is 49.7 Å². The molecule has 29 heavy (non-hydrogen) atoms. The van der Waals surface area contributed by atoms with Crippen LogP contribution in [0, 0.1) is 0 Å². The normalized spacial score (nSPS) is 13.9. The van der Waals surface area contributed by atoms with Gasteiger partial charge in [-0.15, -0.1) is 0 Å². The third-order valence-electron chi connectivity index (χ3n) is 4.41. The number of carbonyl (C=O) groups excluding carboxylic acids is 2. The first-order valence-electron chi connectivity index (χ1n) is 8.61. The van der Waals surface area contributed by atoms with E-state index in [0.29, 0.717) is 6.42 Å². The molecule has 0 radical (unpaired) electrons. The third-order valence-corrected chi connectivity index (χ3v) is 4.41. The number of nitrogens with zero attached hydrogens (tertiary/aromatic N) is 1. The van der Waals surface area contributed by atoms with Crippen molar-refractivity contribution in [1.82, 2.24) is 4.90 Å². The van der Waals surface area contributed by atoms with Crippen LogP contribution in [0.5, 0.6) is 23.0 Å². The van der Waals surface area contributed by atoms with Crippen molar-refractivity contribution >= 4 is 28.9 Å². The summed E-state index contributed by atoms with van der Waals surface area (Å²) in [6.45, 7) is 0.241. The van der Waals surface area contributed by atoms with E-state index < -0.39 is 23.2 Å². The quantitative estimate of drug-likeness (QED) is 0.596. The first-order valence-corrected chi connectivity index (χ1v) is 8.61. The Kier molecular flexibility index (Phi) is 5.58. The summed E-state index contributed by atoms with van der Waals surface area (Å²) in [6, 6.07) is 1.42. The van der Waals surface area contributed by atoms with E-state index in [2.05, 4.69) is 0 Å². The molecule has 0 unspecified atom stereocenters. The lowest BCUT2D eigenvalue weighted by Crippen LogP contribution is -2.37. The van der Waals surface area contributed by atoms with Gasteiger partial charge in [0.25, 0.3) is 11.8 Å². The number of methoxy groups -OCH3 is 3. The average Bonchev–Trinajstić information content (AvgIpc) is 2.72. The van der Waals surface area contributed by atoms with Gasteiger partial charge in [-0.3, -0.25) is 14.5 Å². The van der Waals surface area contributed by atoms with Crippen molar-refractivity contribution in [1.29, 1.82) is 0 Å². The minimum atomic E-state index is -0.894. The van der Waals surface area contributed by atoms with Crippen LogP contribution in [0.1, 0.15) is 12.0 Å². The SMILES string of the molecule is COc1cc2c(O)c(/C=C/C(=O)N3CCC=CC3=O)c(=O)oc2c(OC)c1OC. The Bertz CT molecular complexity index is 1100. The van der Waals surface area contributed by atoms with Crippen LogP contribution < -0.4 is 19.8 Å². The Balaban J connectivity index is 2.10. The zero-order valence-corrected chi connectivity index (χ0v) is 16.1. The number of hydrogen-bond donors (Lipinski definition) is 1. The Morgan fingerprint density at radius 3 is 2.52 bits per heavy atom. The standard InChI is InChI=1S/C20H19NO8/c1-26-13-10-12-16(24)11(7-8-15(23)21-9-5-4-6-14(21)22)20(25)29-17(12)19(28-3)18(13)27-2/h4,6-8,10,24H,5,9H2,1-3H3/b8-7+. The molecule has 0 aliphatic carbocycles. The molecule has 0 saturated heterocycles. The van der Waals surface area contributed by atoms with Gasteiger partial charge < -0.3 is 23.7 Å². The molecule has 3 rings (SSSR count). The maximum atomic E-state index is 12.4. The van der Waals surface area contributed by atoms with Gasteiger partial charge in [-0.05, 0) is 24.6 Å². The zero-order chi connectivity index (χ0) is 21.1. The average molecular weight is 401 g/mol. The largest absolute Gasteiger partial charge is 0.506 e. The second kappa shape index (κ2) is 8.09. The van der Waals surface area contributed by atoms with Crippen LogP contribution in [0.2, 0.25) is 0 Å². The molecule has 0 spiro atoms. The van der Waals surface area contributed by atoms with Crippen molar-refractivity contribution in [3.63, 3.8) is 0 Å². The lowest BCUT2D eigenvalue weighted by Gasteiger charge is -2.19. The highest BCUT2D eigenvalue weighted by Gasteiger charge is 2.23. The summed E-state index contributed by atoms with van der Waals surface area (Å²) >= 11 is 0. The number of ether oxygens (including phenoxy) is 3. The predicted molar refractivity (Wildman–Crippen MR) is 103 cm³/mol. The number of benzene rings is 1. The summed E-state index contributed by atoms with van der Waals surface area (Å²) in [7, 11) is 4.15. The van der Waals surface area contributed by atoms with Crippen molar-refractivity contribution in [3.05, 3.63) is 40.3 Å². The Labute approximate surface area is 165 Å². The fraction of sp³-hybridized carbons (Fsp3) is 0.250. The number of rotatable bonds is 5. The molecule has 152 valence electrons. The molecule has 0 saturated carbocycles. The van der Waals surface area contributed by atoms with E-state index in [4.69, 9.17) is 18.6 Å². The number of imide groups is 1. The van der Waals surface area contributed by atoms with E-state index in [1.54, 1.807) is 6.08 Å². The molecule has 2 amide bonds. The molecule has 0 fully saturated rings. The fourth-order valence-corrected chi connectivity index (χ4v) is 2.99. The monoisotopic (exact) mass is 401 g/mol. The molecular weight excluding hydrogens is 382 g/mol. The van der Waals surface area contributed by atoms with Gasteiger partial charge in [0.2, 0.25) is 11.5 Å². The highest BCUT2D eigenvalue weighted by molar-refractivity contribution is 6.07. The molecule has 9 heteroatoms. The van der Waals surface area contributed by atoms with Gasteiger partial charge >= 0.3 is 5.63 Å². The van der Waals surface area contributed by atoms with Crippen LogP contribution >= 0.6 is 0 Å². The minimum absolute atomic E-state index is 0.0347. The Morgan fingerprint density at radius 2 is 1.90 bits per heavy atom. The summed E-state index contributed by atoms with van der Waals surface area (Å²) in [5.74, 6) is -0.959. The number of fused-ring (bicyclic) bond motifs is 1. The van der Waals surface area contributed by atoms with Gasteiger partial charge in [0.05, 0.1) is 26.7 Å². The molecule has 0 bridgehead atoms. The molecule has 2 heterocycles. The van der Waals surface area contributed by atoms with Gasteiger partial charge in [0.15, 0.2) is 11.3 Å². The molecule has 9 nitrogen and oxygen atoms in total. The van der Waals surface area contributed by atoms with Gasteiger partial charge in [0, 0.05) is 12.6 Å². The molecule has 1 aliphatic heterocycles. The minimum Gasteiger partial charge on any atom is -0.506 e. The van der Waals surface area contributed by atoms with Crippen molar-refractivity contribution in [2.75, 3.05) is 27.9 Å². The van der Waals surface area contributed by atoms with Gasteiger partial charge in [-0.1, -0.05) is 6.08 Å².